The Balaban J connectivity index is 2.52. The fourth-order valence-corrected chi connectivity index (χ4v) is 1.32. The molecular weight excluding hydrogens is 230 g/mol. The second-order valence-corrected chi connectivity index (χ2v) is 5.30. The van der Waals surface area contributed by atoms with E-state index in [4.69, 9.17) is 15.2 Å². The maximum Gasteiger partial charge on any atom is 0.323 e. The van der Waals surface area contributed by atoms with Crippen LogP contribution in [0, 0.1) is 5.41 Å². The Labute approximate surface area is 108 Å². The molecule has 1 rings (SSSR count). The molecule has 1 atom stereocenters. The van der Waals surface area contributed by atoms with Crippen LogP contribution in [0.1, 0.15) is 26.3 Å². The number of methoxy groups -OCH3 is 1. The van der Waals surface area contributed by atoms with Gasteiger partial charge in [0.05, 0.1) is 7.11 Å². The van der Waals surface area contributed by atoms with Crippen LogP contribution in [0.25, 0.3) is 0 Å². The third-order valence-corrected chi connectivity index (χ3v) is 2.73. The number of nitrogens with two attached hydrogens (primary N) is 1. The quantitative estimate of drug-likeness (QED) is 0.833. The van der Waals surface area contributed by atoms with Crippen LogP contribution in [0.2, 0.25) is 0 Å². The number of ether oxygens (including phenoxy) is 2. The maximum absolute atomic E-state index is 11.7. The fraction of sp³-hybridized carbons (Fsp3) is 0.500. The first-order valence-electron chi connectivity index (χ1n) is 5.89. The van der Waals surface area contributed by atoms with Gasteiger partial charge in [-0.1, -0.05) is 32.9 Å². The zero-order valence-corrected chi connectivity index (χ0v) is 11.4. The second kappa shape index (κ2) is 5.87. The van der Waals surface area contributed by atoms with E-state index < -0.39 is 6.04 Å². The number of carbonyl (C=O) groups is 1. The highest BCUT2D eigenvalue weighted by Crippen LogP contribution is 2.19. The van der Waals surface area contributed by atoms with Gasteiger partial charge < -0.3 is 15.2 Å². The number of esters is 1. The summed E-state index contributed by atoms with van der Waals surface area (Å²) in [5.41, 5.74) is 6.42. The SMILES string of the molecule is COc1ccc(COC(=O)C(N)C(C)(C)C)cc1. The average Bonchev–Trinajstić information content (AvgIpc) is 2.34. The number of rotatable bonds is 4. The van der Waals surface area contributed by atoms with Crippen molar-refractivity contribution in [2.75, 3.05) is 7.11 Å². The first-order valence-corrected chi connectivity index (χ1v) is 5.89. The molecule has 2 N–H and O–H groups in total. The van der Waals surface area contributed by atoms with Crippen LogP contribution in [0.15, 0.2) is 24.3 Å². The predicted octanol–water partition coefficient (Wildman–Crippen LogP) is 2.11. The summed E-state index contributed by atoms with van der Waals surface area (Å²) in [6.45, 7) is 5.96. The second-order valence-electron chi connectivity index (χ2n) is 5.30. The Kier molecular flexibility index (Phi) is 4.73. The van der Waals surface area contributed by atoms with E-state index in [1.54, 1.807) is 7.11 Å². The molecule has 0 amide bonds. The lowest BCUT2D eigenvalue weighted by Crippen LogP contribution is -2.43. The molecule has 1 unspecified atom stereocenters. The van der Waals surface area contributed by atoms with Gasteiger partial charge in [0, 0.05) is 0 Å². The molecule has 0 heterocycles. The summed E-state index contributed by atoms with van der Waals surface area (Å²) < 4.78 is 10.2. The monoisotopic (exact) mass is 251 g/mol. The average molecular weight is 251 g/mol. The van der Waals surface area contributed by atoms with E-state index in [0.29, 0.717) is 0 Å². The molecule has 1 aromatic carbocycles. The molecule has 4 nitrogen and oxygen atoms in total. The van der Waals surface area contributed by atoms with Crippen LogP contribution in [-0.2, 0) is 16.1 Å². The Hall–Kier alpha value is -1.55. The Morgan fingerprint density at radius 1 is 1.28 bits per heavy atom. The van der Waals surface area contributed by atoms with Gasteiger partial charge in [-0.25, -0.2) is 0 Å². The zero-order valence-electron chi connectivity index (χ0n) is 11.4. The van der Waals surface area contributed by atoms with Gasteiger partial charge in [0.15, 0.2) is 0 Å². The highest BCUT2D eigenvalue weighted by Gasteiger charge is 2.28. The van der Waals surface area contributed by atoms with Crippen molar-refractivity contribution >= 4 is 5.97 Å². The molecule has 18 heavy (non-hydrogen) atoms. The van der Waals surface area contributed by atoms with Crippen LogP contribution in [0.3, 0.4) is 0 Å². The highest BCUT2D eigenvalue weighted by atomic mass is 16.5. The summed E-state index contributed by atoms with van der Waals surface area (Å²) in [4.78, 5) is 11.7. The summed E-state index contributed by atoms with van der Waals surface area (Å²) in [6.07, 6.45) is 0. The van der Waals surface area contributed by atoms with Crippen molar-refractivity contribution < 1.29 is 14.3 Å². The van der Waals surface area contributed by atoms with E-state index in [0.717, 1.165) is 11.3 Å². The van der Waals surface area contributed by atoms with Gasteiger partial charge in [0.2, 0.25) is 0 Å². The zero-order chi connectivity index (χ0) is 13.8. The Bertz CT molecular complexity index is 392. The van der Waals surface area contributed by atoms with Gasteiger partial charge in [0.1, 0.15) is 18.4 Å². The molecule has 0 aromatic heterocycles. The van der Waals surface area contributed by atoms with Crippen LogP contribution >= 0.6 is 0 Å². The van der Waals surface area contributed by atoms with Crippen molar-refractivity contribution in [1.29, 1.82) is 0 Å². The number of benzene rings is 1. The van der Waals surface area contributed by atoms with Crippen molar-refractivity contribution in [1.82, 2.24) is 0 Å². The molecule has 0 saturated heterocycles. The van der Waals surface area contributed by atoms with Crippen molar-refractivity contribution in [3.63, 3.8) is 0 Å². The van der Waals surface area contributed by atoms with Gasteiger partial charge in [-0.2, -0.15) is 0 Å². The minimum absolute atomic E-state index is 0.229. The first kappa shape index (κ1) is 14.5. The molecule has 0 bridgehead atoms. The van der Waals surface area contributed by atoms with Gasteiger partial charge in [0.25, 0.3) is 0 Å². The van der Waals surface area contributed by atoms with E-state index in [1.165, 1.54) is 0 Å². The van der Waals surface area contributed by atoms with Crippen molar-refractivity contribution in [2.24, 2.45) is 11.1 Å². The Morgan fingerprint density at radius 2 is 1.83 bits per heavy atom. The van der Waals surface area contributed by atoms with Gasteiger partial charge in [-0.15, -0.1) is 0 Å². The minimum Gasteiger partial charge on any atom is -0.497 e. The fourth-order valence-electron chi connectivity index (χ4n) is 1.32. The lowest BCUT2D eigenvalue weighted by Gasteiger charge is -2.24. The van der Waals surface area contributed by atoms with E-state index in [2.05, 4.69) is 0 Å². The molecule has 100 valence electrons. The molecule has 0 spiro atoms. The van der Waals surface area contributed by atoms with Gasteiger partial charge in [-0.05, 0) is 23.1 Å². The largest absolute Gasteiger partial charge is 0.497 e. The molecule has 0 saturated carbocycles. The normalized spacial score (nSPS) is 12.9. The maximum atomic E-state index is 11.7. The van der Waals surface area contributed by atoms with Crippen LogP contribution in [0.4, 0.5) is 0 Å². The number of carbonyl (C=O) groups excluding carboxylic acids is 1. The molecule has 0 fully saturated rings. The summed E-state index contributed by atoms with van der Waals surface area (Å²) >= 11 is 0. The number of hydrogen-bond donors (Lipinski definition) is 1. The third kappa shape index (κ3) is 4.04. The Morgan fingerprint density at radius 3 is 2.28 bits per heavy atom. The molecule has 4 heteroatoms. The lowest BCUT2D eigenvalue weighted by atomic mass is 9.87. The van der Waals surface area contributed by atoms with Crippen LogP contribution in [0.5, 0.6) is 5.75 Å². The first-order chi connectivity index (χ1) is 8.34. The highest BCUT2D eigenvalue weighted by molar-refractivity contribution is 5.76. The van der Waals surface area contributed by atoms with Crippen LogP contribution in [-0.4, -0.2) is 19.1 Å². The van der Waals surface area contributed by atoms with Gasteiger partial charge in [-0.3, -0.25) is 4.79 Å². The molecule has 0 aliphatic carbocycles. The summed E-state index contributed by atoms with van der Waals surface area (Å²) in [6, 6.07) is 6.75. The topological polar surface area (TPSA) is 61.5 Å². The molecule has 1 aromatic rings. The van der Waals surface area contributed by atoms with Crippen molar-refractivity contribution in [3.8, 4) is 5.75 Å². The number of hydrogen-bond acceptors (Lipinski definition) is 4. The van der Waals surface area contributed by atoms with E-state index in [1.807, 2.05) is 45.0 Å². The van der Waals surface area contributed by atoms with Crippen molar-refractivity contribution in [3.05, 3.63) is 29.8 Å². The lowest BCUT2D eigenvalue weighted by molar-refractivity contribution is -0.149. The van der Waals surface area contributed by atoms with E-state index in [9.17, 15) is 4.79 Å². The molecule has 0 aliphatic heterocycles. The summed E-state index contributed by atoms with van der Waals surface area (Å²) in [7, 11) is 1.61. The predicted molar refractivity (Wildman–Crippen MR) is 70.2 cm³/mol. The standard InChI is InChI=1S/C14H21NO3/c1-14(2,3)12(15)13(16)18-9-10-5-7-11(17-4)8-6-10/h5-8,12H,9,15H2,1-4H3. The summed E-state index contributed by atoms with van der Waals surface area (Å²) in [5, 5.41) is 0. The van der Waals surface area contributed by atoms with E-state index in [-0.39, 0.29) is 18.0 Å². The molecule has 0 radical (unpaired) electrons. The molecule has 0 aliphatic rings. The van der Waals surface area contributed by atoms with Crippen LogP contribution < -0.4 is 10.5 Å². The molecular formula is C14H21NO3. The summed E-state index contributed by atoms with van der Waals surface area (Å²) in [5.74, 6) is 0.398. The van der Waals surface area contributed by atoms with Crippen molar-refractivity contribution in [2.45, 2.75) is 33.4 Å². The minimum atomic E-state index is -0.615. The smallest absolute Gasteiger partial charge is 0.323 e. The van der Waals surface area contributed by atoms with Gasteiger partial charge >= 0.3 is 5.97 Å². The third-order valence-electron chi connectivity index (χ3n) is 2.73. The van der Waals surface area contributed by atoms with E-state index >= 15 is 0 Å².